The Morgan fingerprint density at radius 3 is 2.44 bits per heavy atom. The first kappa shape index (κ1) is 24.6. The first-order chi connectivity index (χ1) is 15.0. The highest BCUT2D eigenvalue weighted by molar-refractivity contribution is 9.10. The lowest BCUT2D eigenvalue weighted by molar-refractivity contribution is -0.135. The number of carbonyl (C=O) groups excluding carboxylic acids is 1. The first-order valence-corrected chi connectivity index (χ1v) is 12.5. The Bertz CT molecular complexity index is 1100. The number of piperazine rings is 1. The Balaban J connectivity index is 1.54. The van der Waals surface area contributed by atoms with Crippen molar-refractivity contribution >= 4 is 32.0 Å². The third-order valence-electron chi connectivity index (χ3n) is 5.45. The molecule has 3 rings (SSSR count). The molecule has 0 saturated carbocycles. The van der Waals surface area contributed by atoms with Crippen LogP contribution in [0.1, 0.15) is 22.3 Å². The molecule has 32 heavy (non-hydrogen) atoms. The number of hydrogen-bond acceptors (Lipinski definition) is 5. The topological polar surface area (TPSA) is 87.2 Å². The molecule has 1 aliphatic rings. The fourth-order valence-corrected chi connectivity index (χ4v) is 4.59. The van der Waals surface area contributed by atoms with Crippen LogP contribution in [0.15, 0.2) is 34.8 Å². The summed E-state index contributed by atoms with van der Waals surface area (Å²) >= 11 is 3.29. The van der Waals surface area contributed by atoms with Crippen molar-refractivity contribution < 1.29 is 26.9 Å². The molecule has 1 fully saturated rings. The third-order valence-corrected chi connectivity index (χ3v) is 6.62. The Hall–Kier alpha value is -2.01. The van der Waals surface area contributed by atoms with Crippen molar-refractivity contribution in [1.82, 2.24) is 9.80 Å². The molecule has 0 aromatic heterocycles. The van der Waals surface area contributed by atoms with Gasteiger partial charge in [-0.05, 0) is 48.7 Å². The van der Waals surface area contributed by atoms with Crippen LogP contribution in [-0.4, -0.2) is 61.5 Å². The van der Waals surface area contributed by atoms with Crippen LogP contribution in [0.4, 0.5) is 4.39 Å². The van der Waals surface area contributed by atoms with E-state index in [1.54, 1.807) is 30.0 Å². The van der Waals surface area contributed by atoms with Gasteiger partial charge < -0.3 is 9.64 Å². The van der Waals surface area contributed by atoms with Crippen LogP contribution in [0.3, 0.4) is 0 Å². The number of benzene rings is 2. The quantitative estimate of drug-likeness (QED) is 0.554. The zero-order valence-electron chi connectivity index (χ0n) is 18.0. The van der Waals surface area contributed by atoms with E-state index in [2.05, 4.69) is 20.8 Å². The highest BCUT2D eigenvalue weighted by Gasteiger charge is 2.23. The van der Waals surface area contributed by atoms with E-state index >= 15 is 0 Å². The molecule has 1 N–H and O–H groups in total. The zero-order valence-corrected chi connectivity index (χ0v) is 20.4. The van der Waals surface area contributed by atoms with Crippen molar-refractivity contribution in [2.45, 2.75) is 26.1 Å². The smallest absolute Gasteiger partial charge is 0.269 e. The fraction of sp³-hybridized carbons (Fsp3) is 0.409. The van der Waals surface area contributed by atoms with Gasteiger partial charge in [-0.3, -0.25) is 14.2 Å². The number of nitrogens with zero attached hydrogens (tertiary/aromatic N) is 2. The Labute approximate surface area is 196 Å². The summed E-state index contributed by atoms with van der Waals surface area (Å²) in [5.74, 6) is -0.765. The molecule has 1 heterocycles. The second kappa shape index (κ2) is 10.3. The van der Waals surface area contributed by atoms with E-state index in [1.807, 2.05) is 13.0 Å². The lowest BCUT2D eigenvalue weighted by atomic mass is 10.0. The number of rotatable bonds is 7. The summed E-state index contributed by atoms with van der Waals surface area (Å²) in [4.78, 5) is 16.5. The van der Waals surface area contributed by atoms with E-state index in [4.69, 9.17) is 9.29 Å². The lowest BCUT2D eigenvalue weighted by Gasteiger charge is -2.35. The minimum Gasteiger partial charge on any atom is -0.483 e. The predicted molar refractivity (Wildman–Crippen MR) is 123 cm³/mol. The Morgan fingerprint density at radius 2 is 1.78 bits per heavy atom. The van der Waals surface area contributed by atoms with E-state index in [0.29, 0.717) is 42.8 Å². The molecule has 0 aliphatic carbocycles. The van der Waals surface area contributed by atoms with Gasteiger partial charge in [-0.2, -0.15) is 8.42 Å². The van der Waals surface area contributed by atoms with Crippen molar-refractivity contribution in [3.05, 3.63) is 62.9 Å². The summed E-state index contributed by atoms with van der Waals surface area (Å²) in [5.41, 5.74) is 2.89. The highest BCUT2D eigenvalue weighted by Crippen LogP contribution is 2.25. The molecule has 10 heteroatoms. The number of halogens is 2. The van der Waals surface area contributed by atoms with Gasteiger partial charge in [0.1, 0.15) is 17.3 Å². The van der Waals surface area contributed by atoms with Crippen LogP contribution in [0.5, 0.6) is 5.75 Å². The molecular formula is C22H26BrFN2O5S. The standard InChI is InChI=1S/C22H26BrFN2O5S/c1-15-10-20(24)16(2)9-18(15)12-25-5-7-26(8-6-25)22(27)13-31-21-11-19(23)4-3-17(21)14-32(28,29)30/h3-4,9-11H,5-8,12-14H2,1-2H3,(H,28,29,30). The molecule has 174 valence electrons. The summed E-state index contributed by atoms with van der Waals surface area (Å²) in [6.07, 6.45) is 0. The Kier molecular flexibility index (Phi) is 7.92. The van der Waals surface area contributed by atoms with E-state index in [1.165, 1.54) is 6.07 Å². The van der Waals surface area contributed by atoms with Crippen LogP contribution in [0, 0.1) is 19.7 Å². The van der Waals surface area contributed by atoms with Crippen LogP contribution in [0.25, 0.3) is 0 Å². The summed E-state index contributed by atoms with van der Waals surface area (Å²) < 4.78 is 51.5. The van der Waals surface area contributed by atoms with Gasteiger partial charge in [-0.1, -0.05) is 28.1 Å². The van der Waals surface area contributed by atoms with Crippen LogP contribution >= 0.6 is 15.9 Å². The SMILES string of the molecule is Cc1cc(CN2CCN(C(=O)COc3cc(Br)ccc3CS(=O)(=O)O)CC2)c(C)cc1F. The summed E-state index contributed by atoms with van der Waals surface area (Å²) in [7, 11) is -4.23. The van der Waals surface area contributed by atoms with Gasteiger partial charge in [-0.15, -0.1) is 0 Å². The van der Waals surface area contributed by atoms with Crippen molar-refractivity contribution in [1.29, 1.82) is 0 Å². The lowest BCUT2D eigenvalue weighted by Crippen LogP contribution is -2.49. The van der Waals surface area contributed by atoms with Crippen molar-refractivity contribution in [3.8, 4) is 5.75 Å². The van der Waals surface area contributed by atoms with Gasteiger partial charge in [0, 0.05) is 42.8 Å². The molecule has 0 atom stereocenters. The molecule has 1 amide bonds. The van der Waals surface area contributed by atoms with Gasteiger partial charge >= 0.3 is 0 Å². The molecular weight excluding hydrogens is 503 g/mol. The number of amides is 1. The van der Waals surface area contributed by atoms with E-state index < -0.39 is 15.9 Å². The largest absolute Gasteiger partial charge is 0.483 e. The molecule has 1 saturated heterocycles. The highest BCUT2D eigenvalue weighted by atomic mass is 79.9. The van der Waals surface area contributed by atoms with Gasteiger partial charge in [0.2, 0.25) is 0 Å². The zero-order chi connectivity index (χ0) is 23.5. The maximum atomic E-state index is 13.7. The van der Waals surface area contributed by atoms with Gasteiger partial charge in [-0.25, -0.2) is 4.39 Å². The van der Waals surface area contributed by atoms with Gasteiger partial charge in [0.25, 0.3) is 16.0 Å². The van der Waals surface area contributed by atoms with E-state index in [0.717, 1.165) is 11.1 Å². The van der Waals surface area contributed by atoms with Crippen LogP contribution in [-0.2, 0) is 27.2 Å². The summed E-state index contributed by atoms with van der Waals surface area (Å²) in [5, 5.41) is 0. The van der Waals surface area contributed by atoms with E-state index in [-0.39, 0.29) is 29.6 Å². The average Bonchev–Trinajstić information content (AvgIpc) is 2.71. The van der Waals surface area contributed by atoms with Crippen molar-refractivity contribution in [2.75, 3.05) is 32.8 Å². The average molecular weight is 529 g/mol. The van der Waals surface area contributed by atoms with Crippen LogP contribution < -0.4 is 4.74 Å². The third kappa shape index (κ3) is 6.74. The summed E-state index contributed by atoms with van der Waals surface area (Å²) in [6, 6.07) is 8.16. The molecule has 7 nitrogen and oxygen atoms in total. The van der Waals surface area contributed by atoms with Crippen molar-refractivity contribution in [2.24, 2.45) is 0 Å². The van der Waals surface area contributed by atoms with E-state index in [9.17, 15) is 17.6 Å². The monoisotopic (exact) mass is 528 g/mol. The number of hydrogen-bond donors (Lipinski definition) is 1. The maximum absolute atomic E-state index is 13.7. The number of ether oxygens (including phenoxy) is 1. The Morgan fingerprint density at radius 1 is 1.09 bits per heavy atom. The fourth-order valence-electron chi connectivity index (χ4n) is 3.62. The first-order valence-electron chi connectivity index (χ1n) is 10.1. The second-order valence-electron chi connectivity index (χ2n) is 7.95. The van der Waals surface area contributed by atoms with Crippen LogP contribution in [0.2, 0.25) is 0 Å². The minimum absolute atomic E-state index is 0.198. The maximum Gasteiger partial charge on any atom is 0.269 e. The number of aryl methyl sites for hydroxylation is 2. The number of carbonyl (C=O) groups is 1. The molecule has 0 spiro atoms. The molecule has 1 aliphatic heterocycles. The molecule has 0 unspecified atom stereocenters. The molecule has 0 radical (unpaired) electrons. The minimum atomic E-state index is -4.23. The molecule has 0 bridgehead atoms. The second-order valence-corrected chi connectivity index (χ2v) is 10.3. The summed E-state index contributed by atoms with van der Waals surface area (Å²) in [6.45, 7) is 6.57. The van der Waals surface area contributed by atoms with Gasteiger partial charge in [0.15, 0.2) is 6.61 Å². The molecule has 2 aromatic rings. The van der Waals surface area contributed by atoms with Crippen molar-refractivity contribution in [3.63, 3.8) is 0 Å². The predicted octanol–water partition coefficient (Wildman–Crippen LogP) is 3.32. The molecule has 2 aromatic carbocycles. The van der Waals surface area contributed by atoms with Gasteiger partial charge in [0.05, 0.1) is 0 Å². The normalized spacial score (nSPS) is 15.1.